The maximum absolute atomic E-state index is 12.4. The van der Waals surface area contributed by atoms with Crippen LogP contribution in [-0.2, 0) is 6.54 Å². The van der Waals surface area contributed by atoms with E-state index in [2.05, 4.69) is 9.97 Å². The molecule has 5 nitrogen and oxygen atoms in total. The van der Waals surface area contributed by atoms with Gasteiger partial charge in [0.15, 0.2) is 5.82 Å². The van der Waals surface area contributed by atoms with Gasteiger partial charge in [0, 0.05) is 12.4 Å². The molecule has 0 saturated carbocycles. The fourth-order valence-electron chi connectivity index (χ4n) is 2.72. The third kappa shape index (κ3) is 2.59. The molecular formula is C18H13ClN4O. The van der Waals surface area contributed by atoms with Crippen molar-refractivity contribution in [1.29, 1.82) is 0 Å². The van der Waals surface area contributed by atoms with Gasteiger partial charge in [-0.15, -0.1) is 0 Å². The van der Waals surface area contributed by atoms with E-state index in [1.165, 1.54) is 0 Å². The van der Waals surface area contributed by atoms with E-state index in [4.69, 9.17) is 11.6 Å². The van der Waals surface area contributed by atoms with Crippen LogP contribution in [0.3, 0.4) is 0 Å². The lowest BCUT2D eigenvalue weighted by molar-refractivity contribution is 0.779. The predicted molar refractivity (Wildman–Crippen MR) is 92.8 cm³/mol. The second kappa shape index (κ2) is 5.94. The summed E-state index contributed by atoms with van der Waals surface area (Å²) in [5.74, 6) is 0.640. The molecule has 6 heteroatoms. The number of rotatable bonds is 3. The zero-order valence-electron chi connectivity index (χ0n) is 12.6. The number of fused-ring (bicyclic) bond motifs is 1. The molecule has 2 aliphatic heterocycles. The van der Waals surface area contributed by atoms with Crippen LogP contribution in [0.25, 0.3) is 17.2 Å². The number of halogens is 1. The van der Waals surface area contributed by atoms with Gasteiger partial charge in [0.1, 0.15) is 5.15 Å². The average Bonchev–Trinajstić information content (AvgIpc) is 2.95. The first kappa shape index (κ1) is 14.7. The molecule has 0 radical (unpaired) electrons. The highest BCUT2D eigenvalue weighted by Gasteiger charge is 2.18. The smallest absolute Gasteiger partial charge is 0.327 e. The highest BCUT2D eigenvalue weighted by Crippen LogP contribution is 2.22. The Morgan fingerprint density at radius 1 is 1.00 bits per heavy atom. The second-order valence-electron chi connectivity index (χ2n) is 5.40. The normalized spacial score (nSPS) is 11.0. The molecule has 0 aliphatic carbocycles. The monoisotopic (exact) mass is 336 g/mol. The van der Waals surface area contributed by atoms with Crippen molar-refractivity contribution in [3.8, 4) is 17.2 Å². The summed E-state index contributed by atoms with van der Waals surface area (Å²) in [4.78, 5) is 20.7. The molecule has 0 bridgehead atoms. The van der Waals surface area contributed by atoms with Crippen LogP contribution < -0.4 is 5.69 Å². The number of nitrogens with zero attached hydrogens (tertiary/aromatic N) is 4. The molecule has 2 aromatic rings. The van der Waals surface area contributed by atoms with Gasteiger partial charge in [-0.3, -0.25) is 4.57 Å². The highest BCUT2D eigenvalue weighted by atomic mass is 35.5. The summed E-state index contributed by atoms with van der Waals surface area (Å²) in [6.45, 7) is 0.562. The molecule has 4 rings (SSSR count). The summed E-state index contributed by atoms with van der Waals surface area (Å²) in [6, 6.07) is 17.0. The van der Waals surface area contributed by atoms with Crippen molar-refractivity contribution in [3.63, 3.8) is 0 Å². The molecule has 118 valence electrons. The lowest BCUT2D eigenvalue weighted by atomic mass is 10.2. The van der Waals surface area contributed by atoms with Crippen molar-refractivity contribution in [3.05, 3.63) is 88.2 Å². The minimum atomic E-state index is -0.287. The van der Waals surface area contributed by atoms with Crippen LogP contribution in [0.15, 0.2) is 71.8 Å². The predicted octanol–water partition coefficient (Wildman–Crippen LogP) is 3.24. The Morgan fingerprint density at radius 2 is 1.83 bits per heavy atom. The summed E-state index contributed by atoms with van der Waals surface area (Å²) < 4.78 is 3.55. The van der Waals surface area contributed by atoms with E-state index in [0.29, 0.717) is 17.5 Å². The molecule has 0 unspecified atom stereocenters. The molecule has 2 aliphatic rings. The van der Waals surface area contributed by atoms with Gasteiger partial charge in [0.2, 0.25) is 0 Å². The van der Waals surface area contributed by atoms with Crippen LogP contribution in [0.1, 0.15) is 5.56 Å². The number of hydrogen-bond donors (Lipinski definition) is 0. The fraction of sp³-hybridized carbons (Fsp3) is 0.0556. The Kier molecular flexibility index (Phi) is 3.63. The van der Waals surface area contributed by atoms with Crippen LogP contribution in [0.5, 0.6) is 0 Å². The first-order valence-electron chi connectivity index (χ1n) is 7.46. The van der Waals surface area contributed by atoms with Crippen molar-refractivity contribution >= 4 is 11.6 Å². The molecule has 0 saturated heterocycles. The molecule has 24 heavy (non-hydrogen) atoms. The van der Waals surface area contributed by atoms with Crippen LogP contribution in [0.2, 0.25) is 5.15 Å². The van der Waals surface area contributed by atoms with E-state index in [1.807, 2.05) is 59.3 Å². The Bertz CT molecular complexity index is 1010. The molecule has 1 aromatic carbocycles. The SMILES string of the molecule is O=c1nc2n(Cc3ccc(Cl)nc3)cccc-2n1-c1ccccc1. The first-order valence-corrected chi connectivity index (χ1v) is 7.84. The maximum atomic E-state index is 12.4. The lowest BCUT2D eigenvalue weighted by Crippen LogP contribution is -2.14. The second-order valence-corrected chi connectivity index (χ2v) is 5.79. The minimum Gasteiger partial charge on any atom is -0.327 e. The van der Waals surface area contributed by atoms with Gasteiger partial charge in [-0.1, -0.05) is 35.9 Å². The zero-order chi connectivity index (χ0) is 16.5. The van der Waals surface area contributed by atoms with Crippen LogP contribution in [0, 0.1) is 0 Å². The molecule has 0 fully saturated rings. The van der Waals surface area contributed by atoms with Gasteiger partial charge in [-0.05, 0) is 35.9 Å². The van der Waals surface area contributed by atoms with Crippen LogP contribution >= 0.6 is 11.6 Å². The summed E-state index contributed by atoms with van der Waals surface area (Å²) in [7, 11) is 0. The Hall–Kier alpha value is -2.92. The third-order valence-electron chi connectivity index (χ3n) is 3.81. The van der Waals surface area contributed by atoms with Crippen molar-refractivity contribution in [1.82, 2.24) is 19.1 Å². The number of pyridine rings is 2. The Balaban J connectivity index is 1.79. The molecule has 0 amide bonds. The van der Waals surface area contributed by atoms with Gasteiger partial charge in [0.05, 0.1) is 17.9 Å². The van der Waals surface area contributed by atoms with Crippen LogP contribution in [-0.4, -0.2) is 19.1 Å². The van der Waals surface area contributed by atoms with Gasteiger partial charge in [0.25, 0.3) is 0 Å². The molecule has 0 atom stereocenters. The minimum absolute atomic E-state index is 0.287. The van der Waals surface area contributed by atoms with Crippen LogP contribution in [0.4, 0.5) is 0 Å². The van der Waals surface area contributed by atoms with Crippen molar-refractivity contribution in [2.24, 2.45) is 0 Å². The van der Waals surface area contributed by atoms with Gasteiger partial charge in [-0.2, -0.15) is 4.98 Å². The summed E-state index contributed by atoms with van der Waals surface area (Å²) in [5.41, 5.74) is 2.27. The molecule has 1 aromatic heterocycles. The largest absolute Gasteiger partial charge is 0.354 e. The number of benzene rings is 1. The highest BCUT2D eigenvalue weighted by molar-refractivity contribution is 6.29. The van der Waals surface area contributed by atoms with Crippen molar-refractivity contribution in [2.45, 2.75) is 6.54 Å². The number of para-hydroxylation sites is 1. The van der Waals surface area contributed by atoms with E-state index in [0.717, 1.165) is 16.9 Å². The lowest BCUT2D eigenvalue weighted by Gasteiger charge is -2.12. The standard InChI is InChI=1S/C18H13ClN4O/c19-16-9-8-13(11-20-16)12-22-10-4-7-15-17(22)21-18(24)23(15)14-5-2-1-3-6-14/h1-11H,12H2. The number of aromatic nitrogens is 4. The molecule has 3 heterocycles. The van der Waals surface area contributed by atoms with E-state index < -0.39 is 0 Å². The third-order valence-corrected chi connectivity index (χ3v) is 4.03. The molecular weight excluding hydrogens is 324 g/mol. The average molecular weight is 337 g/mol. The Morgan fingerprint density at radius 3 is 2.58 bits per heavy atom. The van der Waals surface area contributed by atoms with E-state index >= 15 is 0 Å². The van der Waals surface area contributed by atoms with Crippen molar-refractivity contribution in [2.75, 3.05) is 0 Å². The van der Waals surface area contributed by atoms with Gasteiger partial charge in [-0.25, -0.2) is 9.78 Å². The fourth-order valence-corrected chi connectivity index (χ4v) is 2.83. The van der Waals surface area contributed by atoms with E-state index in [1.54, 1.807) is 16.8 Å². The molecule has 0 spiro atoms. The topological polar surface area (TPSA) is 52.7 Å². The van der Waals surface area contributed by atoms with Gasteiger partial charge >= 0.3 is 5.69 Å². The van der Waals surface area contributed by atoms with Gasteiger partial charge < -0.3 is 4.57 Å². The maximum Gasteiger partial charge on any atom is 0.354 e. The summed E-state index contributed by atoms with van der Waals surface area (Å²) >= 11 is 5.83. The summed E-state index contributed by atoms with van der Waals surface area (Å²) in [6.07, 6.45) is 3.62. The Labute approximate surface area is 143 Å². The quantitative estimate of drug-likeness (QED) is 0.540. The number of imidazole rings is 1. The molecule has 0 N–H and O–H groups in total. The summed E-state index contributed by atoms with van der Waals surface area (Å²) in [5, 5.41) is 0.456. The number of hydrogen-bond acceptors (Lipinski definition) is 3. The van der Waals surface area contributed by atoms with E-state index in [-0.39, 0.29) is 5.69 Å². The van der Waals surface area contributed by atoms with Crippen molar-refractivity contribution < 1.29 is 0 Å². The van der Waals surface area contributed by atoms with E-state index in [9.17, 15) is 4.79 Å². The zero-order valence-corrected chi connectivity index (χ0v) is 13.4. The first-order chi connectivity index (χ1) is 11.7.